The second-order valence-electron chi connectivity index (χ2n) is 11.9. The maximum atomic E-state index is 13.7. The van der Waals surface area contributed by atoms with Gasteiger partial charge in [-0.05, 0) is 49.8 Å². The van der Waals surface area contributed by atoms with Crippen molar-refractivity contribution in [3.63, 3.8) is 0 Å². The van der Waals surface area contributed by atoms with Gasteiger partial charge in [-0.15, -0.1) is 0 Å². The molecule has 0 spiro atoms. The van der Waals surface area contributed by atoms with Crippen LogP contribution < -0.4 is 16.1 Å². The number of fused-ring (bicyclic) bond motifs is 1. The van der Waals surface area contributed by atoms with Gasteiger partial charge >= 0.3 is 8.60 Å². The summed E-state index contributed by atoms with van der Waals surface area (Å²) in [7, 11) is -0.0760. The van der Waals surface area contributed by atoms with E-state index in [0.29, 0.717) is 42.3 Å². The molecule has 4 aromatic rings. The van der Waals surface area contributed by atoms with Crippen molar-refractivity contribution in [2.75, 3.05) is 25.5 Å². The van der Waals surface area contributed by atoms with Crippen molar-refractivity contribution in [2.45, 2.75) is 52.4 Å². The number of carbonyl (C=O) groups excluding carboxylic acids is 1. The molecule has 0 saturated carbocycles. The first kappa shape index (κ1) is 34.5. The second-order valence-corrected chi connectivity index (χ2v) is 16.5. The lowest BCUT2D eigenvalue weighted by molar-refractivity contribution is 0.0410. The van der Waals surface area contributed by atoms with Crippen molar-refractivity contribution in [1.29, 1.82) is 0 Å². The molecule has 5 N–H and O–H groups in total. The summed E-state index contributed by atoms with van der Waals surface area (Å²) in [5.74, 6) is -0.0574. The number of carbonyl (C=O) groups is 1. The SMILES string of the molecule is CC(C)OP(=S)(NCC(O)C(Cc1ccccc1)NC(=O)c1nc(-c2ccco2)c2c(N)n(C)nc2n1)OP1OCC(C)(C)CO1. The highest BCUT2D eigenvalue weighted by Gasteiger charge is 2.36. The van der Waals surface area contributed by atoms with E-state index in [9.17, 15) is 9.90 Å². The zero-order chi connectivity index (χ0) is 33.1. The van der Waals surface area contributed by atoms with Crippen LogP contribution in [0.2, 0.25) is 0 Å². The van der Waals surface area contributed by atoms with Gasteiger partial charge in [0.15, 0.2) is 11.4 Å². The fourth-order valence-corrected chi connectivity index (χ4v) is 9.29. The number of hydrogen-bond acceptors (Lipinski definition) is 12. The van der Waals surface area contributed by atoms with Crippen LogP contribution in [0.1, 0.15) is 43.9 Å². The van der Waals surface area contributed by atoms with Crippen LogP contribution in [0, 0.1) is 5.41 Å². The first-order valence-corrected chi connectivity index (χ1v) is 18.4. The van der Waals surface area contributed by atoms with E-state index in [1.165, 1.54) is 10.9 Å². The highest BCUT2D eigenvalue weighted by atomic mass is 32.5. The van der Waals surface area contributed by atoms with Crippen LogP contribution in [0.3, 0.4) is 0 Å². The van der Waals surface area contributed by atoms with Crippen molar-refractivity contribution in [3.8, 4) is 11.5 Å². The summed E-state index contributed by atoms with van der Waals surface area (Å²) in [6, 6.07) is 12.1. The minimum atomic E-state index is -3.19. The van der Waals surface area contributed by atoms with Crippen molar-refractivity contribution >= 4 is 49.8 Å². The predicted molar refractivity (Wildman–Crippen MR) is 178 cm³/mol. The number of nitrogens with zero attached hydrogens (tertiary/aromatic N) is 4. The van der Waals surface area contributed by atoms with Gasteiger partial charge in [-0.3, -0.25) is 9.48 Å². The Balaban J connectivity index is 1.37. The number of aryl methyl sites for hydroxylation is 1. The zero-order valence-corrected chi connectivity index (χ0v) is 28.9. The molecule has 3 aromatic heterocycles. The molecule has 14 nitrogen and oxygen atoms in total. The molecule has 1 fully saturated rings. The minimum absolute atomic E-state index is 0.0647. The first-order chi connectivity index (χ1) is 21.8. The van der Waals surface area contributed by atoms with Gasteiger partial charge in [-0.1, -0.05) is 44.2 Å². The van der Waals surface area contributed by atoms with Crippen LogP contribution in [0.25, 0.3) is 22.5 Å². The van der Waals surface area contributed by atoms with Gasteiger partial charge in [-0.25, -0.2) is 19.4 Å². The number of nitrogens with one attached hydrogen (secondary N) is 2. The summed E-state index contributed by atoms with van der Waals surface area (Å²) in [5, 5.41) is 22.3. The Labute approximate surface area is 273 Å². The third-order valence-corrected chi connectivity index (χ3v) is 11.5. The van der Waals surface area contributed by atoms with Crippen LogP contribution >= 0.6 is 15.2 Å². The van der Waals surface area contributed by atoms with Crippen molar-refractivity contribution < 1.29 is 32.2 Å². The Morgan fingerprint density at radius 3 is 2.57 bits per heavy atom. The molecule has 3 atom stereocenters. The molecule has 4 heterocycles. The van der Waals surface area contributed by atoms with E-state index >= 15 is 0 Å². The van der Waals surface area contributed by atoms with E-state index in [2.05, 4.69) is 25.5 Å². The predicted octanol–water partition coefficient (Wildman–Crippen LogP) is 4.46. The second kappa shape index (κ2) is 14.5. The Morgan fingerprint density at radius 1 is 1.20 bits per heavy atom. The van der Waals surface area contributed by atoms with Gasteiger partial charge in [0.1, 0.15) is 11.5 Å². The number of anilines is 1. The third-order valence-electron chi connectivity index (χ3n) is 6.92. The van der Waals surface area contributed by atoms with Gasteiger partial charge in [-0.2, -0.15) is 5.10 Å². The van der Waals surface area contributed by atoms with Crippen LogP contribution in [-0.4, -0.2) is 68.8 Å². The lowest BCUT2D eigenvalue weighted by atomic mass is 9.97. The third kappa shape index (κ3) is 8.54. The number of aliphatic hydroxyl groups excluding tert-OH is 1. The normalized spacial score (nSPS) is 18.0. The number of aromatic nitrogens is 4. The van der Waals surface area contributed by atoms with Crippen LogP contribution in [0.5, 0.6) is 0 Å². The van der Waals surface area contributed by atoms with E-state index in [1.807, 2.05) is 58.0 Å². The van der Waals surface area contributed by atoms with Crippen LogP contribution in [-0.2, 0) is 43.2 Å². The number of nitrogens with two attached hydrogens (primary N) is 1. The smallest absolute Gasteiger partial charge is 0.339 e. The van der Waals surface area contributed by atoms with E-state index in [-0.39, 0.29) is 29.5 Å². The summed E-state index contributed by atoms with van der Waals surface area (Å²) >= 11 is 5.79. The van der Waals surface area contributed by atoms with Gasteiger partial charge in [0.2, 0.25) is 5.82 Å². The molecule has 0 radical (unpaired) electrons. The Morgan fingerprint density at radius 2 is 1.91 bits per heavy atom. The molecular weight excluding hydrogens is 652 g/mol. The fourth-order valence-electron chi connectivity index (χ4n) is 4.57. The summed E-state index contributed by atoms with van der Waals surface area (Å²) in [4.78, 5) is 22.6. The highest BCUT2D eigenvalue weighted by Crippen LogP contribution is 2.61. The summed E-state index contributed by atoms with van der Waals surface area (Å²) in [6.07, 6.45) is 0.381. The van der Waals surface area contributed by atoms with E-state index in [4.69, 9.17) is 39.8 Å². The molecule has 1 aliphatic rings. The van der Waals surface area contributed by atoms with Crippen LogP contribution in [0.4, 0.5) is 5.82 Å². The number of aliphatic hydroxyl groups is 1. The molecule has 1 aliphatic heterocycles. The Kier molecular flexibility index (Phi) is 10.9. The molecular formula is C29H39N7O7P2S. The largest absolute Gasteiger partial charge is 0.463 e. The summed E-state index contributed by atoms with van der Waals surface area (Å²) in [6.45, 7) is 5.38. The number of amides is 1. The highest BCUT2D eigenvalue weighted by molar-refractivity contribution is 8.10. The van der Waals surface area contributed by atoms with Crippen molar-refractivity contribution in [3.05, 3.63) is 60.1 Å². The van der Waals surface area contributed by atoms with Gasteiger partial charge in [0.25, 0.3) is 12.5 Å². The number of hydrogen-bond donors (Lipinski definition) is 4. The van der Waals surface area contributed by atoms with Gasteiger partial charge in [0.05, 0.1) is 43.1 Å². The monoisotopic (exact) mass is 691 g/mol. The number of furan rings is 1. The fraction of sp³-hybridized carbons (Fsp3) is 0.448. The van der Waals surface area contributed by atoms with E-state index in [0.717, 1.165) is 5.56 Å². The maximum absolute atomic E-state index is 13.7. The molecule has 0 bridgehead atoms. The Hall–Kier alpha value is -2.84. The number of nitrogen functional groups attached to an aromatic ring is 1. The van der Waals surface area contributed by atoms with Gasteiger partial charge in [0, 0.05) is 19.0 Å². The quantitative estimate of drug-likeness (QED) is 0.144. The minimum Gasteiger partial charge on any atom is -0.463 e. The summed E-state index contributed by atoms with van der Waals surface area (Å²) in [5.41, 5.74) is 7.55. The molecule has 1 saturated heterocycles. The Bertz CT molecular complexity index is 1680. The molecule has 17 heteroatoms. The molecule has 3 unspecified atom stereocenters. The standard InChI is InChI=1S/C29H39N7O7P2S/c1-18(2)42-45(46,43-44-40-16-29(3,4)17-41-44)31-15-21(37)20(14-19-10-7-6-8-11-19)32-28(38)27-33-24(22-12-9-13-39-22)23-25(30)36(5)35-26(23)34-27/h6-13,18,20-21,37H,14-17,30H2,1-5H3,(H,31,46)(H,32,38). The van der Waals surface area contributed by atoms with Crippen molar-refractivity contribution in [1.82, 2.24) is 30.2 Å². The van der Waals surface area contributed by atoms with Gasteiger partial charge < -0.3 is 34.1 Å². The molecule has 46 heavy (non-hydrogen) atoms. The lowest BCUT2D eigenvalue weighted by Gasteiger charge is -2.35. The van der Waals surface area contributed by atoms with E-state index in [1.54, 1.807) is 19.2 Å². The number of rotatable bonds is 13. The number of benzene rings is 1. The van der Waals surface area contributed by atoms with Crippen molar-refractivity contribution in [2.24, 2.45) is 12.5 Å². The topological polar surface area (TPSA) is 181 Å². The average Bonchev–Trinajstić information content (AvgIpc) is 3.64. The lowest BCUT2D eigenvalue weighted by Crippen LogP contribution is -2.48. The molecule has 5 rings (SSSR count). The average molecular weight is 692 g/mol. The first-order valence-electron chi connectivity index (χ1n) is 14.7. The molecule has 1 aromatic carbocycles. The molecule has 1 amide bonds. The zero-order valence-electron chi connectivity index (χ0n) is 26.2. The molecule has 248 valence electrons. The molecule has 0 aliphatic carbocycles. The van der Waals surface area contributed by atoms with E-state index < -0.39 is 33.3 Å². The maximum Gasteiger partial charge on any atom is 0.339 e. The summed E-state index contributed by atoms with van der Waals surface area (Å²) < 4.78 is 30.6. The van der Waals surface area contributed by atoms with Crippen LogP contribution in [0.15, 0.2) is 53.1 Å².